The Morgan fingerprint density at radius 3 is 2.73 bits per heavy atom. The molecule has 1 saturated heterocycles. The topological polar surface area (TPSA) is 46.6 Å². The smallest absolute Gasteiger partial charge is 0.167 e. The molecule has 22 heavy (non-hydrogen) atoms. The van der Waals surface area contributed by atoms with Crippen molar-refractivity contribution in [1.29, 1.82) is 0 Å². The zero-order chi connectivity index (χ0) is 16.3. The summed E-state index contributed by atoms with van der Waals surface area (Å²) in [4.78, 5) is 1.96. The summed E-state index contributed by atoms with van der Waals surface area (Å²) < 4.78 is 55.3. The van der Waals surface area contributed by atoms with Crippen molar-refractivity contribution in [3.8, 4) is 5.75 Å². The van der Waals surface area contributed by atoms with Crippen LogP contribution in [0.2, 0.25) is 0 Å². The molecule has 0 aromatic heterocycles. The highest BCUT2D eigenvalue weighted by molar-refractivity contribution is 7.90. The third-order valence-corrected chi connectivity index (χ3v) is 4.97. The monoisotopic (exact) mass is 333 g/mol. The number of benzene rings is 1. The van der Waals surface area contributed by atoms with Gasteiger partial charge in [-0.25, -0.2) is 17.2 Å². The lowest BCUT2D eigenvalue weighted by Gasteiger charge is -2.32. The van der Waals surface area contributed by atoms with Crippen LogP contribution in [0.1, 0.15) is 18.4 Å². The van der Waals surface area contributed by atoms with Crippen LogP contribution in [0.25, 0.3) is 0 Å². The van der Waals surface area contributed by atoms with Crippen LogP contribution in [-0.4, -0.2) is 45.5 Å². The Morgan fingerprint density at radius 1 is 1.36 bits per heavy atom. The molecular formula is C15H21F2NO3S. The average Bonchev–Trinajstić information content (AvgIpc) is 2.43. The second-order valence-corrected chi connectivity index (χ2v) is 8.06. The summed E-state index contributed by atoms with van der Waals surface area (Å²) in [5, 5.41) is 0. The van der Waals surface area contributed by atoms with E-state index in [1.807, 2.05) is 4.90 Å². The van der Waals surface area contributed by atoms with E-state index in [0.717, 1.165) is 25.5 Å². The summed E-state index contributed by atoms with van der Waals surface area (Å²) in [5.41, 5.74) is 0.183. The number of rotatable bonds is 5. The summed E-state index contributed by atoms with van der Waals surface area (Å²) in [6, 6.07) is 2.45. The standard InChI is InChI=1S/C15H21F2NO3S/c1-21-14-6-5-13(16)15(17)12(14)9-18-7-3-4-11(8-18)10-22(2,19)20/h5-6,11H,3-4,7-10H2,1-2H3/t11-/m0/s1. The lowest BCUT2D eigenvalue weighted by Crippen LogP contribution is -2.37. The summed E-state index contributed by atoms with van der Waals surface area (Å²) in [6.45, 7) is 1.51. The van der Waals surface area contributed by atoms with E-state index in [4.69, 9.17) is 4.74 Å². The van der Waals surface area contributed by atoms with Crippen molar-refractivity contribution < 1.29 is 21.9 Å². The molecule has 1 atom stereocenters. The first-order valence-corrected chi connectivity index (χ1v) is 9.27. The van der Waals surface area contributed by atoms with Gasteiger partial charge in [-0.2, -0.15) is 0 Å². The van der Waals surface area contributed by atoms with Crippen molar-refractivity contribution in [3.05, 3.63) is 29.3 Å². The third-order valence-electron chi connectivity index (χ3n) is 3.90. The highest BCUT2D eigenvalue weighted by atomic mass is 32.2. The van der Waals surface area contributed by atoms with Gasteiger partial charge in [0.1, 0.15) is 15.6 Å². The number of sulfone groups is 1. The minimum atomic E-state index is -3.03. The van der Waals surface area contributed by atoms with Crippen LogP contribution < -0.4 is 4.74 Å². The van der Waals surface area contributed by atoms with Crippen molar-refractivity contribution in [2.24, 2.45) is 5.92 Å². The molecule has 0 unspecified atom stereocenters. The first kappa shape index (κ1) is 17.1. The third kappa shape index (κ3) is 4.39. The Hall–Kier alpha value is -1.21. The number of hydrogen-bond donors (Lipinski definition) is 0. The Labute approximate surface area is 130 Å². The fourth-order valence-corrected chi connectivity index (χ4v) is 4.12. The van der Waals surface area contributed by atoms with E-state index in [1.54, 1.807) is 0 Å². The average molecular weight is 333 g/mol. The van der Waals surface area contributed by atoms with Crippen LogP contribution in [0.3, 0.4) is 0 Å². The maximum Gasteiger partial charge on any atom is 0.167 e. The number of likely N-dealkylation sites (tertiary alicyclic amines) is 1. The summed E-state index contributed by atoms with van der Waals surface area (Å²) in [7, 11) is -1.62. The van der Waals surface area contributed by atoms with Crippen molar-refractivity contribution in [3.63, 3.8) is 0 Å². The molecule has 1 fully saturated rings. The van der Waals surface area contributed by atoms with E-state index in [0.29, 0.717) is 12.3 Å². The fraction of sp³-hybridized carbons (Fsp3) is 0.600. The second kappa shape index (κ2) is 6.91. The van der Waals surface area contributed by atoms with Gasteiger partial charge in [0.25, 0.3) is 0 Å². The molecule has 124 valence electrons. The number of ether oxygens (including phenoxy) is 1. The molecule has 0 aliphatic carbocycles. The molecule has 0 N–H and O–H groups in total. The van der Waals surface area contributed by atoms with Gasteiger partial charge in [-0.15, -0.1) is 0 Å². The number of nitrogens with zero attached hydrogens (tertiary/aromatic N) is 1. The molecule has 1 aromatic rings. The molecule has 1 aliphatic rings. The van der Waals surface area contributed by atoms with Gasteiger partial charge in [0.2, 0.25) is 0 Å². The van der Waals surface area contributed by atoms with Gasteiger partial charge >= 0.3 is 0 Å². The predicted octanol–water partition coefficient (Wildman–Crippen LogP) is 2.23. The molecular weight excluding hydrogens is 312 g/mol. The van der Waals surface area contributed by atoms with Crippen molar-refractivity contribution >= 4 is 9.84 Å². The van der Waals surface area contributed by atoms with Crippen LogP contribution >= 0.6 is 0 Å². The van der Waals surface area contributed by atoms with E-state index in [-0.39, 0.29) is 23.8 Å². The Kier molecular flexibility index (Phi) is 5.39. The number of piperidine rings is 1. The number of hydrogen-bond acceptors (Lipinski definition) is 4. The minimum absolute atomic E-state index is 0.0337. The summed E-state index contributed by atoms with van der Waals surface area (Å²) in [5.74, 6) is -1.33. The lowest BCUT2D eigenvalue weighted by molar-refractivity contribution is 0.173. The van der Waals surface area contributed by atoms with Crippen molar-refractivity contribution in [2.75, 3.05) is 32.2 Å². The van der Waals surface area contributed by atoms with Crippen LogP contribution in [0.15, 0.2) is 12.1 Å². The van der Waals surface area contributed by atoms with Gasteiger partial charge in [-0.1, -0.05) is 0 Å². The van der Waals surface area contributed by atoms with Gasteiger partial charge in [-0.3, -0.25) is 4.90 Å². The van der Waals surface area contributed by atoms with Gasteiger partial charge in [-0.05, 0) is 37.4 Å². The summed E-state index contributed by atoms with van der Waals surface area (Å²) in [6.07, 6.45) is 2.91. The Bertz CT molecular complexity index is 634. The molecule has 0 spiro atoms. The molecule has 0 saturated carbocycles. The molecule has 7 heteroatoms. The molecule has 2 rings (SSSR count). The molecule has 0 radical (unpaired) electrons. The van der Waals surface area contributed by atoms with E-state index >= 15 is 0 Å². The van der Waals surface area contributed by atoms with E-state index in [2.05, 4.69) is 0 Å². The highest BCUT2D eigenvalue weighted by Crippen LogP contribution is 2.27. The second-order valence-electron chi connectivity index (χ2n) is 5.88. The normalized spacial score (nSPS) is 20.1. The molecule has 1 heterocycles. The highest BCUT2D eigenvalue weighted by Gasteiger charge is 2.25. The Balaban J connectivity index is 2.12. The first-order valence-electron chi connectivity index (χ1n) is 7.21. The van der Waals surface area contributed by atoms with E-state index in [1.165, 1.54) is 19.4 Å². The largest absolute Gasteiger partial charge is 0.496 e. The van der Waals surface area contributed by atoms with Crippen LogP contribution in [0.5, 0.6) is 5.75 Å². The van der Waals surface area contributed by atoms with Gasteiger partial charge in [0.15, 0.2) is 11.6 Å². The fourth-order valence-electron chi connectivity index (χ4n) is 3.00. The van der Waals surface area contributed by atoms with Gasteiger partial charge < -0.3 is 4.74 Å². The maximum absolute atomic E-state index is 14.0. The molecule has 0 bridgehead atoms. The van der Waals surface area contributed by atoms with Crippen LogP contribution in [0, 0.1) is 17.6 Å². The van der Waals surface area contributed by atoms with E-state index < -0.39 is 21.5 Å². The van der Waals surface area contributed by atoms with Gasteiger partial charge in [0, 0.05) is 24.9 Å². The van der Waals surface area contributed by atoms with Crippen LogP contribution in [0.4, 0.5) is 8.78 Å². The van der Waals surface area contributed by atoms with Crippen LogP contribution in [-0.2, 0) is 16.4 Å². The lowest BCUT2D eigenvalue weighted by atomic mass is 9.99. The maximum atomic E-state index is 14.0. The zero-order valence-corrected chi connectivity index (χ0v) is 13.6. The SMILES string of the molecule is COc1ccc(F)c(F)c1CN1CCC[C@H](CS(C)(=O)=O)C1. The molecule has 0 amide bonds. The van der Waals surface area contributed by atoms with E-state index in [9.17, 15) is 17.2 Å². The van der Waals surface area contributed by atoms with Crippen molar-refractivity contribution in [1.82, 2.24) is 4.90 Å². The molecule has 1 aromatic carbocycles. The van der Waals surface area contributed by atoms with Gasteiger partial charge in [0.05, 0.1) is 12.9 Å². The first-order chi connectivity index (χ1) is 10.3. The van der Waals surface area contributed by atoms with Crippen molar-refractivity contribution in [2.45, 2.75) is 19.4 Å². The Morgan fingerprint density at radius 2 is 2.09 bits per heavy atom. The summed E-state index contributed by atoms with van der Waals surface area (Å²) >= 11 is 0. The quantitative estimate of drug-likeness (QED) is 0.829. The predicted molar refractivity (Wildman–Crippen MR) is 80.6 cm³/mol. The number of halogens is 2. The molecule has 4 nitrogen and oxygen atoms in total. The zero-order valence-electron chi connectivity index (χ0n) is 12.8. The minimum Gasteiger partial charge on any atom is -0.496 e. The number of methoxy groups -OCH3 is 1. The molecule has 1 aliphatic heterocycles.